The lowest BCUT2D eigenvalue weighted by atomic mass is 10.2. The molecule has 28 heavy (non-hydrogen) atoms. The standard InChI is InChI=1S/C21H23N3O2S2/c1-14-10-18(15(2)28-14)19-13-27-21(23-19)16-4-3-5-17(11-16)22-20(25)12-24-6-8-26-9-7-24/h3-5,10-11,13H,6-9,12H2,1-2H3,(H,22,25). The molecule has 1 aliphatic heterocycles. The third-order valence-electron chi connectivity index (χ3n) is 4.69. The summed E-state index contributed by atoms with van der Waals surface area (Å²) in [4.78, 5) is 21.9. The van der Waals surface area contributed by atoms with Gasteiger partial charge in [0.15, 0.2) is 0 Å². The van der Waals surface area contributed by atoms with Crippen molar-refractivity contribution in [3.63, 3.8) is 0 Å². The number of benzene rings is 1. The smallest absolute Gasteiger partial charge is 0.238 e. The fourth-order valence-corrected chi connectivity index (χ4v) is 5.06. The fourth-order valence-electron chi connectivity index (χ4n) is 3.31. The number of hydrogen-bond acceptors (Lipinski definition) is 6. The van der Waals surface area contributed by atoms with Crippen molar-refractivity contribution in [2.75, 3.05) is 38.2 Å². The molecule has 1 fully saturated rings. The number of hydrogen-bond donors (Lipinski definition) is 1. The maximum Gasteiger partial charge on any atom is 0.238 e. The molecule has 0 aliphatic carbocycles. The molecule has 3 aromatic rings. The minimum absolute atomic E-state index is 0.00301. The van der Waals surface area contributed by atoms with Crippen molar-refractivity contribution >= 4 is 34.3 Å². The normalized spacial score (nSPS) is 14.9. The van der Waals surface area contributed by atoms with E-state index in [1.165, 1.54) is 15.3 Å². The van der Waals surface area contributed by atoms with Gasteiger partial charge in [-0.25, -0.2) is 4.98 Å². The van der Waals surface area contributed by atoms with Crippen molar-refractivity contribution in [3.8, 4) is 21.8 Å². The highest BCUT2D eigenvalue weighted by Gasteiger charge is 2.15. The SMILES string of the molecule is Cc1cc(-c2csc(-c3cccc(NC(=O)CN4CCOCC4)c3)n2)c(C)s1. The summed E-state index contributed by atoms with van der Waals surface area (Å²) in [5, 5.41) is 6.07. The molecular formula is C21H23N3O2S2. The van der Waals surface area contributed by atoms with Crippen LogP contribution in [0.15, 0.2) is 35.7 Å². The van der Waals surface area contributed by atoms with Crippen molar-refractivity contribution in [1.82, 2.24) is 9.88 Å². The second-order valence-electron chi connectivity index (χ2n) is 6.88. The number of morpholine rings is 1. The maximum atomic E-state index is 12.4. The minimum Gasteiger partial charge on any atom is -0.379 e. The summed E-state index contributed by atoms with van der Waals surface area (Å²) in [6.07, 6.45) is 0. The number of rotatable bonds is 5. The van der Waals surface area contributed by atoms with E-state index in [2.05, 4.69) is 35.5 Å². The van der Waals surface area contributed by atoms with Crippen LogP contribution >= 0.6 is 22.7 Å². The zero-order chi connectivity index (χ0) is 19.5. The van der Waals surface area contributed by atoms with Crippen molar-refractivity contribution in [2.45, 2.75) is 13.8 Å². The predicted molar refractivity (Wildman–Crippen MR) is 116 cm³/mol. The second-order valence-corrected chi connectivity index (χ2v) is 9.20. The molecular weight excluding hydrogens is 390 g/mol. The van der Waals surface area contributed by atoms with E-state index in [-0.39, 0.29) is 5.91 Å². The van der Waals surface area contributed by atoms with E-state index in [4.69, 9.17) is 9.72 Å². The van der Waals surface area contributed by atoms with Crippen LogP contribution in [0, 0.1) is 13.8 Å². The van der Waals surface area contributed by atoms with E-state index in [1.807, 2.05) is 24.3 Å². The van der Waals surface area contributed by atoms with Crippen LogP contribution < -0.4 is 5.32 Å². The van der Waals surface area contributed by atoms with Gasteiger partial charge in [-0.05, 0) is 32.0 Å². The Balaban J connectivity index is 1.46. The van der Waals surface area contributed by atoms with E-state index >= 15 is 0 Å². The second kappa shape index (κ2) is 8.53. The monoisotopic (exact) mass is 413 g/mol. The number of ether oxygens (including phenoxy) is 1. The Bertz CT molecular complexity index is 974. The molecule has 146 valence electrons. The zero-order valence-corrected chi connectivity index (χ0v) is 17.7. The van der Waals surface area contributed by atoms with Crippen molar-refractivity contribution in [1.29, 1.82) is 0 Å². The summed E-state index contributed by atoms with van der Waals surface area (Å²) < 4.78 is 5.33. The summed E-state index contributed by atoms with van der Waals surface area (Å²) in [6.45, 7) is 7.64. The van der Waals surface area contributed by atoms with Crippen LogP contribution in [0.3, 0.4) is 0 Å². The molecule has 4 rings (SSSR count). The number of amides is 1. The first-order valence-electron chi connectivity index (χ1n) is 9.32. The Morgan fingerprint density at radius 3 is 2.82 bits per heavy atom. The Labute approximate surface area is 173 Å². The number of thiazole rings is 1. The largest absolute Gasteiger partial charge is 0.379 e. The van der Waals surface area contributed by atoms with Crippen molar-refractivity contribution < 1.29 is 9.53 Å². The molecule has 5 nitrogen and oxygen atoms in total. The van der Waals surface area contributed by atoms with Crippen molar-refractivity contribution in [3.05, 3.63) is 45.5 Å². The highest BCUT2D eigenvalue weighted by molar-refractivity contribution is 7.14. The summed E-state index contributed by atoms with van der Waals surface area (Å²) in [6, 6.07) is 10.1. The molecule has 1 aromatic carbocycles. The first-order valence-corrected chi connectivity index (χ1v) is 11.0. The average molecular weight is 414 g/mol. The third-order valence-corrected chi connectivity index (χ3v) is 6.54. The van der Waals surface area contributed by atoms with Crippen LogP contribution in [-0.2, 0) is 9.53 Å². The maximum absolute atomic E-state index is 12.4. The van der Waals surface area contributed by atoms with Crippen LogP contribution in [-0.4, -0.2) is 48.6 Å². The van der Waals surface area contributed by atoms with Crippen molar-refractivity contribution in [2.24, 2.45) is 0 Å². The number of anilines is 1. The molecule has 2 aromatic heterocycles. The molecule has 0 spiro atoms. The minimum atomic E-state index is 0.00301. The highest BCUT2D eigenvalue weighted by Crippen LogP contribution is 2.34. The van der Waals surface area contributed by atoms with Gasteiger partial charge < -0.3 is 10.1 Å². The van der Waals surface area contributed by atoms with Gasteiger partial charge in [0.1, 0.15) is 5.01 Å². The van der Waals surface area contributed by atoms with E-state index < -0.39 is 0 Å². The van der Waals surface area contributed by atoms with Gasteiger partial charge >= 0.3 is 0 Å². The molecule has 1 amide bonds. The molecule has 1 aliphatic rings. The highest BCUT2D eigenvalue weighted by atomic mass is 32.1. The van der Waals surface area contributed by atoms with Crippen LogP contribution in [0.5, 0.6) is 0 Å². The summed E-state index contributed by atoms with van der Waals surface area (Å²) in [5.41, 5.74) is 4.05. The molecule has 0 radical (unpaired) electrons. The van der Waals surface area contributed by atoms with Gasteiger partial charge in [-0.15, -0.1) is 22.7 Å². The molecule has 0 bridgehead atoms. The molecule has 1 saturated heterocycles. The van der Waals surface area contributed by atoms with Gasteiger partial charge in [-0.1, -0.05) is 12.1 Å². The third kappa shape index (κ3) is 4.50. The Morgan fingerprint density at radius 2 is 2.07 bits per heavy atom. The van der Waals surface area contributed by atoms with E-state index in [9.17, 15) is 4.79 Å². The molecule has 0 saturated carbocycles. The topological polar surface area (TPSA) is 54.5 Å². The molecule has 0 unspecified atom stereocenters. The number of aromatic nitrogens is 1. The van der Waals surface area contributed by atoms with Gasteiger partial charge in [-0.3, -0.25) is 9.69 Å². The van der Waals surface area contributed by atoms with Gasteiger partial charge in [0.2, 0.25) is 5.91 Å². The van der Waals surface area contributed by atoms with Crippen LogP contribution in [0.1, 0.15) is 9.75 Å². The lowest BCUT2D eigenvalue weighted by Gasteiger charge is -2.25. The van der Waals surface area contributed by atoms with Gasteiger partial charge in [0.25, 0.3) is 0 Å². The number of aryl methyl sites for hydroxylation is 2. The number of nitrogens with zero attached hydrogens (tertiary/aromatic N) is 2. The van der Waals surface area contributed by atoms with E-state index in [0.29, 0.717) is 19.8 Å². The lowest BCUT2D eigenvalue weighted by molar-refractivity contribution is -0.118. The van der Waals surface area contributed by atoms with Gasteiger partial charge in [-0.2, -0.15) is 0 Å². The van der Waals surface area contributed by atoms with Gasteiger partial charge in [0, 0.05) is 45.0 Å². The summed E-state index contributed by atoms with van der Waals surface area (Å²) in [5.74, 6) is 0.00301. The van der Waals surface area contributed by atoms with Crippen LogP contribution in [0.25, 0.3) is 21.8 Å². The number of carbonyl (C=O) groups excluding carboxylic acids is 1. The number of nitrogens with one attached hydrogen (secondary N) is 1. The molecule has 7 heteroatoms. The zero-order valence-electron chi connectivity index (χ0n) is 16.0. The summed E-state index contributed by atoms with van der Waals surface area (Å²) in [7, 11) is 0. The molecule has 0 atom stereocenters. The predicted octanol–water partition coefficient (Wildman–Crippen LogP) is 4.43. The summed E-state index contributed by atoms with van der Waals surface area (Å²) >= 11 is 3.43. The van der Waals surface area contributed by atoms with E-state index in [0.717, 1.165) is 35.0 Å². The molecule has 3 heterocycles. The first kappa shape index (κ1) is 19.3. The van der Waals surface area contributed by atoms with Crippen LogP contribution in [0.2, 0.25) is 0 Å². The van der Waals surface area contributed by atoms with Gasteiger partial charge in [0.05, 0.1) is 25.5 Å². The number of carbonyl (C=O) groups is 1. The average Bonchev–Trinajstić information content (AvgIpc) is 3.29. The Morgan fingerprint density at radius 1 is 1.25 bits per heavy atom. The molecule has 1 N–H and O–H groups in total. The first-order chi connectivity index (χ1) is 13.6. The Hall–Kier alpha value is -2.06. The number of thiophene rings is 1. The lowest BCUT2D eigenvalue weighted by Crippen LogP contribution is -2.41. The fraction of sp³-hybridized carbons (Fsp3) is 0.333. The van der Waals surface area contributed by atoms with Crippen LogP contribution in [0.4, 0.5) is 5.69 Å². The van der Waals surface area contributed by atoms with E-state index in [1.54, 1.807) is 22.7 Å². The quantitative estimate of drug-likeness (QED) is 0.672. The Kier molecular flexibility index (Phi) is 5.87.